The van der Waals surface area contributed by atoms with E-state index in [2.05, 4.69) is 16.7 Å². The fourth-order valence-electron chi connectivity index (χ4n) is 3.72. The van der Waals surface area contributed by atoms with E-state index < -0.39 is 35.7 Å². The molecule has 0 spiro atoms. The van der Waals surface area contributed by atoms with Crippen molar-refractivity contribution in [1.82, 2.24) is 9.80 Å². The van der Waals surface area contributed by atoms with E-state index in [1.165, 1.54) is 0 Å². The fourth-order valence-corrected chi connectivity index (χ4v) is 3.72. The summed E-state index contributed by atoms with van der Waals surface area (Å²) < 4.78 is 110. The van der Waals surface area contributed by atoms with Crippen molar-refractivity contribution in [1.29, 1.82) is 0 Å². The average Bonchev–Trinajstić information content (AvgIpc) is 2.83. The molecule has 0 amide bonds. The van der Waals surface area contributed by atoms with E-state index in [0.29, 0.717) is 23.3 Å². The van der Waals surface area contributed by atoms with Crippen LogP contribution >= 0.6 is 0 Å². The first-order chi connectivity index (χ1) is 17.4. The van der Waals surface area contributed by atoms with Gasteiger partial charge in [-0.2, -0.15) is 39.5 Å². The summed E-state index contributed by atoms with van der Waals surface area (Å²) in [4.78, 5) is 13.6. The molecule has 1 aliphatic rings. The van der Waals surface area contributed by atoms with Crippen LogP contribution in [0, 0.1) is 0 Å². The Morgan fingerprint density at radius 2 is 1.11 bits per heavy atom. The topological polar surface area (TPSA) is 64.0 Å². The number of aliphatic carboxylic acids is 1. The van der Waals surface area contributed by atoms with Crippen molar-refractivity contribution in [3.8, 4) is 11.1 Å². The van der Waals surface area contributed by atoms with Crippen LogP contribution in [-0.4, -0.2) is 77.2 Å². The second-order valence-corrected chi connectivity index (χ2v) is 8.49. The van der Waals surface area contributed by atoms with E-state index in [0.717, 1.165) is 57.0 Å². The summed E-state index contributed by atoms with van der Waals surface area (Å²) >= 11 is 0. The molecule has 2 aromatic rings. The van der Waals surface area contributed by atoms with Crippen molar-refractivity contribution in [2.75, 3.05) is 32.7 Å². The molecule has 0 aliphatic carbocycles. The molecule has 0 unspecified atom stereocenters. The van der Waals surface area contributed by atoms with Crippen LogP contribution in [0.4, 0.5) is 39.5 Å². The Bertz CT molecular complexity index is 1030. The van der Waals surface area contributed by atoms with Crippen molar-refractivity contribution >= 4 is 5.97 Å². The maximum atomic E-state index is 13.0. The minimum absolute atomic E-state index is 0.457. The number of carboxylic acids is 1. The smallest absolute Gasteiger partial charge is 0.475 e. The van der Waals surface area contributed by atoms with Gasteiger partial charge in [0.05, 0.1) is 0 Å². The van der Waals surface area contributed by atoms with E-state index >= 15 is 0 Å². The minimum Gasteiger partial charge on any atom is -0.475 e. The van der Waals surface area contributed by atoms with Gasteiger partial charge in [-0.3, -0.25) is 4.90 Å². The average molecular weight is 560 g/mol. The number of hydrogen-bond donors (Lipinski definition) is 2. The summed E-state index contributed by atoms with van der Waals surface area (Å²) in [6.45, 7) is 7.92. The van der Waals surface area contributed by atoms with Crippen LogP contribution in [0.2, 0.25) is 0 Å². The van der Waals surface area contributed by atoms with E-state index in [1.54, 1.807) is 12.1 Å². The normalized spacial score (nSPS) is 16.1. The zero-order valence-corrected chi connectivity index (χ0v) is 20.0. The van der Waals surface area contributed by atoms with Crippen LogP contribution in [0.25, 0.3) is 11.1 Å². The molecule has 0 aromatic heterocycles. The number of halogens is 9. The third kappa shape index (κ3) is 7.60. The van der Waals surface area contributed by atoms with Gasteiger partial charge in [0, 0.05) is 38.3 Å². The molecular weight excluding hydrogens is 535 g/mol. The van der Waals surface area contributed by atoms with Crippen LogP contribution < -0.4 is 0 Å². The molecule has 1 heterocycles. The third-order valence-electron chi connectivity index (χ3n) is 5.97. The molecule has 5 nitrogen and oxygen atoms in total. The Kier molecular flexibility index (Phi) is 9.83. The number of carboxylic acid groups (broad SMARTS) is 1. The molecular formula is C24H25F9N2O3. The zero-order valence-electron chi connectivity index (χ0n) is 20.0. The van der Waals surface area contributed by atoms with Gasteiger partial charge in [-0.05, 0) is 23.2 Å². The summed E-state index contributed by atoms with van der Waals surface area (Å²) in [5, 5.41) is 16.6. The largest absolute Gasteiger partial charge is 0.490 e. The molecule has 0 bridgehead atoms. The van der Waals surface area contributed by atoms with Gasteiger partial charge in [0.25, 0.3) is 5.60 Å². The van der Waals surface area contributed by atoms with Crippen molar-refractivity contribution in [3.05, 3.63) is 59.7 Å². The van der Waals surface area contributed by atoms with Crippen molar-refractivity contribution in [2.45, 2.75) is 37.6 Å². The lowest BCUT2D eigenvalue weighted by Gasteiger charge is -2.34. The number of benzene rings is 2. The lowest BCUT2D eigenvalue weighted by Crippen LogP contribution is -2.53. The highest BCUT2D eigenvalue weighted by Gasteiger charge is 2.71. The number of hydrogen-bond acceptors (Lipinski definition) is 4. The van der Waals surface area contributed by atoms with Gasteiger partial charge in [0.15, 0.2) is 0 Å². The van der Waals surface area contributed by atoms with Crippen LogP contribution in [-0.2, 0) is 16.9 Å². The molecule has 1 saturated heterocycles. The van der Waals surface area contributed by atoms with Gasteiger partial charge < -0.3 is 15.1 Å². The highest BCUT2D eigenvalue weighted by atomic mass is 19.4. The van der Waals surface area contributed by atoms with Gasteiger partial charge in [0.2, 0.25) is 0 Å². The molecule has 212 valence electrons. The maximum Gasteiger partial charge on any atom is 0.490 e. The van der Waals surface area contributed by atoms with Gasteiger partial charge >= 0.3 is 24.5 Å². The monoisotopic (exact) mass is 560 g/mol. The van der Waals surface area contributed by atoms with E-state index in [9.17, 15) is 44.6 Å². The minimum atomic E-state index is -5.89. The van der Waals surface area contributed by atoms with Crippen molar-refractivity contribution in [2.24, 2.45) is 0 Å². The van der Waals surface area contributed by atoms with Gasteiger partial charge in [-0.15, -0.1) is 0 Å². The first-order valence-corrected chi connectivity index (χ1v) is 11.2. The molecule has 38 heavy (non-hydrogen) atoms. The second-order valence-electron chi connectivity index (χ2n) is 8.49. The van der Waals surface area contributed by atoms with Crippen molar-refractivity contribution < 1.29 is 54.5 Å². The Balaban J connectivity index is 0.000000638. The highest BCUT2D eigenvalue weighted by Crippen LogP contribution is 2.50. The number of aliphatic hydroxyl groups is 1. The van der Waals surface area contributed by atoms with Crippen LogP contribution in [0.5, 0.6) is 0 Å². The summed E-state index contributed by atoms with van der Waals surface area (Å²) in [5.41, 5.74) is -3.98. The van der Waals surface area contributed by atoms with Crippen LogP contribution in [0.15, 0.2) is 48.5 Å². The van der Waals surface area contributed by atoms with E-state index in [4.69, 9.17) is 9.90 Å². The van der Waals surface area contributed by atoms with Crippen LogP contribution in [0.3, 0.4) is 0 Å². The third-order valence-corrected chi connectivity index (χ3v) is 5.97. The molecule has 14 heteroatoms. The first kappa shape index (κ1) is 31.4. The summed E-state index contributed by atoms with van der Waals surface area (Å²) in [7, 11) is 0. The Hall–Kier alpha value is -2.84. The summed E-state index contributed by atoms with van der Waals surface area (Å²) in [6, 6.07) is 11.0. The fraction of sp³-hybridized carbons (Fsp3) is 0.458. The molecule has 2 N–H and O–H groups in total. The molecule has 0 radical (unpaired) electrons. The lowest BCUT2D eigenvalue weighted by molar-refractivity contribution is -0.376. The first-order valence-electron chi connectivity index (χ1n) is 11.2. The zero-order chi connectivity index (χ0) is 28.9. The summed E-state index contributed by atoms with van der Waals surface area (Å²) in [6.07, 6.45) is -16.9. The predicted molar refractivity (Wildman–Crippen MR) is 119 cm³/mol. The number of alkyl halides is 9. The quantitative estimate of drug-likeness (QED) is 0.478. The molecule has 0 saturated carbocycles. The number of nitrogens with zero attached hydrogens (tertiary/aromatic N) is 2. The van der Waals surface area contributed by atoms with Gasteiger partial charge in [-0.1, -0.05) is 55.5 Å². The van der Waals surface area contributed by atoms with Gasteiger partial charge in [-0.25, -0.2) is 4.79 Å². The number of rotatable bonds is 5. The Labute approximate surface area is 212 Å². The molecule has 2 aromatic carbocycles. The van der Waals surface area contributed by atoms with E-state index in [1.807, 2.05) is 12.1 Å². The molecule has 1 fully saturated rings. The molecule has 0 atom stereocenters. The second kappa shape index (κ2) is 11.9. The van der Waals surface area contributed by atoms with Crippen molar-refractivity contribution in [3.63, 3.8) is 0 Å². The number of carbonyl (C=O) groups is 1. The van der Waals surface area contributed by atoms with E-state index in [-0.39, 0.29) is 0 Å². The number of piperazine rings is 1. The Morgan fingerprint density at radius 1 is 0.737 bits per heavy atom. The SMILES string of the molecule is CCN1CCN(Cc2ccc(-c3ccc(C(O)(C(F)(F)F)C(F)(F)F)cc3)cc2)CC1.O=C(O)C(F)(F)F. The predicted octanol–water partition coefficient (Wildman–Crippen LogP) is 5.44. The summed E-state index contributed by atoms with van der Waals surface area (Å²) in [5.74, 6) is -2.76. The van der Waals surface area contributed by atoms with Crippen LogP contribution in [0.1, 0.15) is 18.1 Å². The maximum absolute atomic E-state index is 13.0. The Morgan fingerprint density at radius 3 is 1.45 bits per heavy atom. The lowest BCUT2D eigenvalue weighted by atomic mass is 9.90. The van der Waals surface area contributed by atoms with Gasteiger partial charge in [0.1, 0.15) is 0 Å². The molecule has 3 rings (SSSR count). The highest BCUT2D eigenvalue weighted by molar-refractivity contribution is 5.73. The molecule has 1 aliphatic heterocycles. The standard InChI is InChI=1S/C22H24F6N2O.C2HF3O2/c1-2-29-11-13-30(14-12-29)15-16-3-5-17(6-4-16)18-7-9-19(10-8-18)20(31,21(23,24)25)22(26,27)28;3-2(4,5)1(6)7/h3-10,31H,2,11-15H2,1H3;(H,6,7). The number of likely N-dealkylation sites (N-methyl/N-ethyl adjacent to an activating group) is 1.